The van der Waals surface area contributed by atoms with E-state index in [0.717, 1.165) is 6.07 Å². The number of benzene rings is 2. The van der Waals surface area contributed by atoms with E-state index in [0.29, 0.717) is 30.7 Å². The molecule has 0 N–H and O–H groups in total. The summed E-state index contributed by atoms with van der Waals surface area (Å²) in [5, 5.41) is 0. The molecule has 0 fully saturated rings. The molecule has 2 aromatic rings. The number of hydrogen-bond donors (Lipinski definition) is 0. The predicted octanol–water partition coefficient (Wildman–Crippen LogP) is 2.17. The van der Waals surface area contributed by atoms with Gasteiger partial charge in [-0.3, -0.25) is 24.0 Å². The van der Waals surface area contributed by atoms with Crippen molar-refractivity contribution in [2.75, 3.05) is 0 Å². The van der Waals surface area contributed by atoms with Crippen LogP contribution in [0.25, 0.3) is 0 Å². The van der Waals surface area contributed by atoms with Crippen LogP contribution in [-0.4, -0.2) is 30.9 Å². The fourth-order valence-electron chi connectivity index (χ4n) is 2.17. The molecule has 22 heavy (non-hydrogen) atoms. The summed E-state index contributed by atoms with van der Waals surface area (Å²) in [6.45, 7) is 0. The highest BCUT2D eigenvalue weighted by Crippen LogP contribution is 2.22. The van der Waals surface area contributed by atoms with E-state index in [2.05, 4.69) is 0 Å². The lowest BCUT2D eigenvalue weighted by molar-refractivity contribution is 0.102. The highest BCUT2D eigenvalue weighted by atomic mass is 16.1. The van der Waals surface area contributed by atoms with Gasteiger partial charge in [-0.1, -0.05) is 30.3 Å². The highest BCUT2D eigenvalue weighted by Gasteiger charge is 2.21. The van der Waals surface area contributed by atoms with Crippen LogP contribution in [0.2, 0.25) is 0 Å². The minimum Gasteiger partial charge on any atom is -0.298 e. The fourth-order valence-corrected chi connectivity index (χ4v) is 2.17. The molecule has 0 saturated carbocycles. The van der Waals surface area contributed by atoms with Gasteiger partial charge in [0.15, 0.2) is 30.9 Å². The van der Waals surface area contributed by atoms with Crippen LogP contribution in [0, 0.1) is 0 Å². The molecule has 0 bridgehead atoms. The summed E-state index contributed by atoms with van der Waals surface area (Å²) in [6, 6.07) is 9.27. The van der Waals surface area contributed by atoms with Crippen LogP contribution in [0.5, 0.6) is 0 Å². The van der Waals surface area contributed by atoms with E-state index >= 15 is 0 Å². The van der Waals surface area contributed by atoms with Crippen molar-refractivity contribution in [2.45, 2.75) is 0 Å². The van der Waals surface area contributed by atoms with Crippen molar-refractivity contribution in [3.63, 3.8) is 0 Å². The van der Waals surface area contributed by atoms with Crippen molar-refractivity contribution in [3.05, 3.63) is 69.8 Å². The monoisotopic (exact) mass is 294 g/mol. The van der Waals surface area contributed by atoms with Gasteiger partial charge in [0, 0.05) is 33.4 Å². The van der Waals surface area contributed by atoms with E-state index in [1.165, 1.54) is 0 Å². The Morgan fingerprint density at radius 1 is 0.727 bits per heavy atom. The predicted molar refractivity (Wildman–Crippen MR) is 77.9 cm³/mol. The average molecular weight is 294 g/mol. The molecule has 2 rings (SSSR count). The first-order valence-electron chi connectivity index (χ1n) is 6.29. The third-order valence-corrected chi connectivity index (χ3v) is 3.24. The van der Waals surface area contributed by atoms with Crippen molar-refractivity contribution in [3.8, 4) is 0 Å². The van der Waals surface area contributed by atoms with Gasteiger partial charge in [-0.2, -0.15) is 0 Å². The molecule has 5 nitrogen and oxygen atoms in total. The number of aldehydes is 4. The number of rotatable bonds is 6. The van der Waals surface area contributed by atoms with Crippen LogP contribution in [0.1, 0.15) is 57.4 Å². The Morgan fingerprint density at radius 3 is 1.82 bits per heavy atom. The van der Waals surface area contributed by atoms with Crippen molar-refractivity contribution in [2.24, 2.45) is 0 Å². The average Bonchev–Trinajstić information content (AvgIpc) is 2.59. The number of carbonyl (C=O) groups excluding carboxylic acids is 5. The van der Waals surface area contributed by atoms with Crippen molar-refractivity contribution in [1.29, 1.82) is 0 Å². The van der Waals surface area contributed by atoms with Crippen molar-refractivity contribution >= 4 is 30.9 Å². The van der Waals surface area contributed by atoms with Gasteiger partial charge < -0.3 is 0 Å². The highest BCUT2D eigenvalue weighted by molar-refractivity contribution is 6.17. The van der Waals surface area contributed by atoms with Gasteiger partial charge in [0.05, 0.1) is 0 Å². The smallest absolute Gasteiger partial charge is 0.193 e. The van der Waals surface area contributed by atoms with Gasteiger partial charge in [0.25, 0.3) is 0 Å². The van der Waals surface area contributed by atoms with Crippen LogP contribution in [0.4, 0.5) is 0 Å². The molecule has 0 unspecified atom stereocenters. The summed E-state index contributed by atoms with van der Waals surface area (Å²) in [5.41, 5.74) is -0.543. The van der Waals surface area contributed by atoms with Crippen molar-refractivity contribution in [1.82, 2.24) is 0 Å². The third kappa shape index (κ3) is 2.52. The molecule has 5 heteroatoms. The lowest BCUT2D eigenvalue weighted by atomic mass is 9.90. The largest absolute Gasteiger partial charge is 0.298 e. The van der Waals surface area contributed by atoms with E-state index in [-0.39, 0.29) is 27.8 Å². The molecule has 0 amide bonds. The molecule has 2 aromatic carbocycles. The van der Waals surface area contributed by atoms with Gasteiger partial charge in [-0.25, -0.2) is 0 Å². The van der Waals surface area contributed by atoms with Gasteiger partial charge >= 0.3 is 0 Å². The number of hydrogen-bond acceptors (Lipinski definition) is 5. The summed E-state index contributed by atoms with van der Waals surface area (Å²) in [5.74, 6) is -0.508. The van der Waals surface area contributed by atoms with Crippen LogP contribution >= 0.6 is 0 Å². The Kier molecular flexibility index (Phi) is 4.48. The zero-order chi connectivity index (χ0) is 16.1. The summed E-state index contributed by atoms with van der Waals surface area (Å²) < 4.78 is 0. The molecule has 0 aliphatic heterocycles. The quantitative estimate of drug-likeness (QED) is 0.602. The van der Waals surface area contributed by atoms with Crippen LogP contribution < -0.4 is 0 Å². The molecule has 0 aliphatic carbocycles. The maximum atomic E-state index is 12.5. The van der Waals surface area contributed by atoms with Crippen LogP contribution in [0.15, 0.2) is 36.4 Å². The molecular formula is C17H10O5. The molecule has 0 saturated heterocycles. The normalized spacial score (nSPS) is 9.82. The van der Waals surface area contributed by atoms with Gasteiger partial charge in [-0.05, 0) is 6.07 Å². The number of carbonyl (C=O) groups is 5. The van der Waals surface area contributed by atoms with Gasteiger partial charge in [0.2, 0.25) is 0 Å². The lowest BCUT2D eigenvalue weighted by Crippen LogP contribution is -2.12. The number of ketones is 1. The fraction of sp³-hybridized carbons (Fsp3) is 0. The first kappa shape index (κ1) is 15.2. The maximum absolute atomic E-state index is 12.5. The standard InChI is InChI=1S/C17H10O5/c18-7-12-6-13(17(22)11-4-2-1-3-5-11)15(9-20)16(10-21)14(12)8-19/h1-10H. The van der Waals surface area contributed by atoms with E-state index in [4.69, 9.17) is 0 Å². The minimum absolute atomic E-state index is 0.0870. The Hall–Kier alpha value is -3.21. The summed E-state index contributed by atoms with van der Waals surface area (Å²) in [7, 11) is 0. The molecule has 0 aromatic heterocycles. The molecule has 0 radical (unpaired) electrons. The van der Waals surface area contributed by atoms with Gasteiger partial charge in [-0.15, -0.1) is 0 Å². The topological polar surface area (TPSA) is 85.3 Å². The molecule has 0 atom stereocenters. The Morgan fingerprint density at radius 2 is 1.32 bits per heavy atom. The molecule has 0 heterocycles. The second-order valence-corrected chi connectivity index (χ2v) is 4.42. The van der Waals surface area contributed by atoms with E-state index in [1.807, 2.05) is 0 Å². The lowest BCUT2D eigenvalue weighted by Gasteiger charge is -2.10. The van der Waals surface area contributed by atoms with Crippen molar-refractivity contribution < 1.29 is 24.0 Å². The first-order valence-corrected chi connectivity index (χ1v) is 6.29. The zero-order valence-electron chi connectivity index (χ0n) is 11.3. The SMILES string of the molecule is O=Cc1cc(C(=O)c2ccccc2)c(C=O)c(C=O)c1C=O. The molecule has 0 aliphatic rings. The molecular weight excluding hydrogens is 284 g/mol. The van der Waals surface area contributed by atoms with E-state index in [9.17, 15) is 24.0 Å². The molecule has 108 valence electrons. The first-order chi connectivity index (χ1) is 10.7. The van der Waals surface area contributed by atoms with E-state index in [1.54, 1.807) is 30.3 Å². The molecule has 0 spiro atoms. The Balaban J connectivity index is 2.78. The Bertz CT molecular complexity index is 775. The second kappa shape index (κ2) is 6.49. The van der Waals surface area contributed by atoms with Crippen LogP contribution in [0.3, 0.4) is 0 Å². The third-order valence-electron chi connectivity index (χ3n) is 3.24. The summed E-state index contributed by atoms with van der Waals surface area (Å²) in [4.78, 5) is 57.1. The zero-order valence-corrected chi connectivity index (χ0v) is 11.3. The van der Waals surface area contributed by atoms with Crippen LogP contribution in [-0.2, 0) is 0 Å². The minimum atomic E-state index is -0.508. The van der Waals surface area contributed by atoms with E-state index < -0.39 is 5.78 Å². The second-order valence-electron chi connectivity index (χ2n) is 4.42. The summed E-state index contributed by atoms with van der Waals surface area (Å²) >= 11 is 0. The summed E-state index contributed by atoms with van der Waals surface area (Å²) in [6.07, 6.45) is 1.31. The Labute approximate surface area is 125 Å². The van der Waals surface area contributed by atoms with Gasteiger partial charge in [0.1, 0.15) is 0 Å². The maximum Gasteiger partial charge on any atom is 0.193 e.